The summed E-state index contributed by atoms with van der Waals surface area (Å²) in [7, 11) is 1.94. The molecule has 0 radical (unpaired) electrons. The number of unbranched alkanes of at least 4 members (excludes halogenated alkanes) is 3. The molecule has 1 rings (SSSR count). The average molecular weight is 264 g/mol. The summed E-state index contributed by atoms with van der Waals surface area (Å²) in [5.41, 5.74) is 1.05. The molecule has 0 spiro atoms. The molecule has 1 heterocycles. The van der Waals surface area contributed by atoms with Crippen LogP contribution in [-0.4, -0.2) is 18.1 Å². The van der Waals surface area contributed by atoms with Crippen molar-refractivity contribution in [1.82, 2.24) is 10.3 Å². The lowest BCUT2D eigenvalue weighted by molar-refractivity contribution is 0.205. The smallest absolute Gasteiger partial charge is 0.138 e. The Morgan fingerprint density at radius 3 is 2.58 bits per heavy atom. The molecule has 0 aliphatic heterocycles. The van der Waals surface area contributed by atoms with Crippen LogP contribution in [0.15, 0.2) is 18.3 Å². The van der Waals surface area contributed by atoms with E-state index in [0.717, 1.165) is 17.9 Å². The highest BCUT2D eigenvalue weighted by Gasteiger charge is 2.06. The maximum Gasteiger partial charge on any atom is 0.138 e. The number of rotatable bonds is 9. The van der Waals surface area contributed by atoms with Gasteiger partial charge in [-0.15, -0.1) is 0 Å². The van der Waals surface area contributed by atoms with E-state index in [-0.39, 0.29) is 12.1 Å². The average Bonchev–Trinajstić information content (AvgIpc) is 2.43. The van der Waals surface area contributed by atoms with Crippen molar-refractivity contribution in [2.45, 2.75) is 65.0 Å². The summed E-state index contributed by atoms with van der Waals surface area (Å²) < 4.78 is 5.88. The zero-order valence-electron chi connectivity index (χ0n) is 12.8. The Kier molecular flexibility index (Phi) is 7.49. The maximum absolute atomic E-state index is 5.88. The van der Waals surface area contributed by atoms with Crippen LogP contribution in [-0.2, 0) is 0 Å². The summed E-state index contributed by atoms with van der Waals surface area (Å²) in [6.07, 6.45) is 8.37. The Balaban J connectivity index is 2.36. The van der Waals surface area contributed by atoms with Gasteiger partial charge in [0.25, 0.3) is 0 Å². The van der Waals surface area contributed by atoms with Crippen LogP contribution in [0.2, 0.25) is 0 Å². The highest BCUT2D eigenvalue weighted by Crippen LogP contribution is 2.17. The molecular weight excluding hydrogens is 236 g/mol. The van der Waals surface area contributed by atoms with Gasteiger partial charge in [-0.25, -0.2) is 0 Å². The molecule has 2 atom stereocenters. The summed E-state index contributed by atoms with van der Waals surface area (Å²) >= 11 is 0. The number of hydrogen-bond acceptors (Lipinski definition) is 3. The van der Waals surface area contributed by atoms with Crippen LogP contribution < -0.4 is 10.1 Å². The summed E-state index contributed by atoms with van der Waals surface area (Å²) in [4.78, 5) is 4.42. The van der Waals surface area contributed by atoms with Crippen molar-refractivity contribution in [1.29, 1.82) is 0 Å². The Bertz CT molecular complexity index is 337. The molecule has 0 aliphatic carbocycles. The zero-order valence-corrected chi connectivity index (χ0v) is 12.8. The molecule has 2 unspecified atom stereocenters. The van der Waals surface area contributed by atoms with E-state index in [0.29, 0.717) is 0 Å². The van der Waals surface area contributed by atoms with Gasteiger partial charge in [-0.1, -0.05) is 26.2 Å². The van der Waals surface area contributed by atoms with E-state index in [4.69, 9.17) is 4.74 Å². The van der Waals surface area contributed by atoms with Gasteiger partial charge in [0.05, 0.1) is 18.0 Å². The summed E-state index contributed by atoms with van der Waals surface area (Å²) in [6, 6.07) is 4.32. The zero-order chi connectivity index (χ0) is 14.1. The second-order valence-corrected chi connectivity index (χ2v) is 5.21. The van der Waals surface area contributed by atoms with Crippen LogP contribution >= 0.6 is 0 Å². The third kappa shape index (κ3) is 6.06. The molecule has 0 amide bonds. The van der Waals surface area contributed by atoms with Crippen LogP contribution in [0.1, 0.15) is 64.6 Å². The van der Waals surface area contributed by atoms with Crippen molar-refractivity contribution in [2.24, 2.45) is 0 Å². The highest BCUT2D eigenvalue weighted by molar-refractivity contribution is 5.21. The SMILES string of the molecule is CCCCCCC(C)Oc1ccc(C(C)NC)nc1. The van der Waals surface area contributed by atoms with E-state index in [1.165, 1.54) is 25.7 Å². The van der Waals surface area contributed by atoms with Crippen LogP contribution in [0.5, 0.6) is 5.75 Å². The number of nitrogens with one attached hydrogen (secondary N) is 1. The molecule has 0 saturated carbocycles. The molecule has 0 fully saturated rings. The normalized spacial score (nSPS) is 14.1. The molecule has 1 aromatic rings. The Morgan fingerprint density at radius 2 is 2.00 bits per heavy atom. The van der Waals surface area contributed by atoms with Crippen molar-refractivity contribution in [3.63, 3.8) is 0 Å². The van der Waals surface area contributed by atoms with Crippen LogP contribution in [0.4, 0.5) is 0 Å². The minimum Gasteiger partial charge on any atom is -0.489 e. The fourth-order valence-electron chi connectivity index (χ4n) is 2.02. The van der Waals surface area contributed by atoms with E-state index >= 15 is 0 Å². The number of nitrogens with zero attached hydrogens (tertiary/aromatic N) is 1. The van der Waals surface area contributed by atoms with E-state index < -0.39 is 0 Å². The third-order valence-electron chi connectivity index (χ3n) is 3.44. The molecule has 0 aromatic carbocycles. The van der Waals surface area contributed by atoms with Gasteiger partial charge in [0.2, 0.25) is 0 Å². The number of pyridine rings is 1. The van der Waals surface area contributed by atoms with Gasteiger partial charge in [-0.05, 0) is 45.9 Å². The first kappa shape index (κ1) is 16.0. The molecule has 19 heavy (non-hydrogen) atoms. The van der Waals surface area contributed by atoms with Crippen LogP contribution in [0, 0.1) is 0 Å². The summed E-state index contributed by atoms with van der Waals surface area (Å²) in [5, 5.41) is 3.18. The largest absolute Gasteiger partial charge is 0.489 e. The predicted octanol–water partition coefficient (Wildman–Crippen LogP) is 4.10. The minimum atomic E-state index is 0.270. The lowest BCUT2D eigenvalue weighted by Gasteiger charge is -2.15. The van der Waals surface area contributed by atoms with Gasteiger partial charge < -0.3 is 10.1 Å². The van der Waals surface area contributed by atoms with Crippen molar-refractivity contribution >= 4 is 0 Å². The number of ether oxygens (including phenoxy) is 1. The monoisotopic (exact) mass is 264 g/mol. The van der Waals surface area contributed by atoms with Gasteiger partial charge in [-0.2, -0.15) is 0 Å². The molecule has 3 nitrogen and oxygen atoms in total. The molecule has 108 valence electrons. The van der Waals surface area contributed by atoms with Gasteiger partial charge in [0, 0.05) is 6.04 Å². The lowest BCUT2D eigenvalue weighted by atomic mass is 10.1. The Hall–Kier alpha value is -1.09. The minimum absolute atomic E-state index is 0.270. The molecule has 0 bridgehead atoms. The highest BCUT2D eigenvalue weighted by atomic mass is 16.5. The second-order valence-electron chi connectivity index (χ2n) is 5.21. The van der Waals surface area contributed by atoms with E-state index in [1.54, 1.807) is 0 Å². The maximum atomic E-state index is 5.88. The lowest BCUT2D eigenvalue weighted by Crippen LogP contribution is -2.14. The topological polar surface area (TPSA) is 34.1 Å². The second kappa shape index (κ2) is 8.92. The molecule has 3 heteroatoms. The van der Waals surface area contributed by atoms with Crippen LogP contribution in [0.3, 0.4) is 0 Å². The first-order chi connectivity index (χ1) is 9.17. The standard InChI is InChI=1S/C16H28N2O/c1-5-6-7-8-9-13(2)19-15-10-11-16(18-12-15)14(3)17-4/h10-14,17H,5-9H2,1-4H3. The summed E-state index contributed by atoms with van der Waals surface area (Å²) in [6.45, 7) is 6.47. The van der Waals surface area contributed by atoms with Crippen molar-refractivity contribution in [3.05, 3.63) is 24.0 Å². The van der Waals surface area contributed by atoms with Gasteiger partial charge >= 0.3 is 0 Å². The first-order valence-corrected chi connectivity index (χ1v) is 7.47. The van der Waals surface area contributed by atoms with Gasteiger partial charge in [0.15, 0.2) is 0 Å². The fraction of sp³-hybridized carbons (Fsp3) is 0.688. The number of hydrogen-bond donors (Lipinski definition) is 1. The molecule has 0 saturated heterocycles. The summed E-state index contributed by atoms with van der Waals surface area (Å²) in [5.74, 6) is 0.870. The molecule has 0 aliphatic rings. The Morgan fingerprint density at radius 1 is 1.21 bits per heavy atom. The van der Waals surface area contributed by atoms with Gasteiger partial charge in [0.1, 0.15) is 5.75 Å². The van der Waals surface area contributed by atoms with E-state index in [2.05, 4.69) is 31.1 Å². The van der Waals surface area contributed by atoms with Crippen LogP contribution in [0.25, 0.3) is 0 Å². The predicted molar refractivity (Wildman–Crippen MR) is 80.6 cm³/mol. The first-order valence-electron chi connectivity index (χ1n) is 7.47. The molecule has 1 aromatic heterocycles. The molecular formula is C16H28N2O. The van der Waals surface area contributed by atoms with E-state index in [1.807, 2.05) is 25.4 Å². The van der Waals surface area contributed by atoms with Crippen molar-refractivity contribution < 1.29 is 4.74 Å². The molecule has 1 N–H and O–H groups in total. The third-order valence-corrected chi connectivity index (χ3v) is 3.44. The van der Waals surface area contributed by atoms with Crippen molar-refractivity contribution in [2.75, 3.05) is 7.05 Å². The fourth-order valence-corrected chi connectivity index (χ4v) is 2.02. The van der Waals surface area contributed by atoms with Crippen molar-refractivity contribution in [3.8, 4) is 5.75 Å². The number of aromatic nitrogens is 1. The quantitative estimate of drug-likeness (QED) is 0.682. The van der Waals surface area contributed by atoms with E-state index in [9.17, 15) is 0 Å². The Labute approximate surface area is 117 Å². The van der Waals surface area contributed by atoms with Gasteiger partial charge in [-0.3, -0.25) is 4.98 Å².